The van der Waals surface area contributed by atoms with E-state index in [9.17, 15) is 9.90 Å². The minimum atomic E-state index is -0.380. The van der Waals surface area contributed by atoms with E-state index in [1.165, 1.54) is 5.56 Å². The quantitative estimate of drug-likeness (QED) is 0.298. The Labute approximate surface area is 206 Å². The van der Waals surface area contributed by atoms with E-state index in [-0.39, 0.29) is 11.9 Å². The van der Waals surface area contributed by atoms with Crippen LogP contribution in [0.25, 0.3) is 11.4 Å². The van der Waals surface area contributed by atoms with Gasteiger partial charge in [0.2, 0.25) is 0 Å². The second-order valence-corrected chi connectivity index (χ2v) is 9.59. The number of benzene rings is 3. The van der Waals surface area contributed by atoms with Crippen molar-refractivity contribution in [3.63, 3.8) is 0 Å². The summed E-state index contributed by atoms with van der Waals surface area (Å²) in [5.74, 6) is 2.39. The molecule has 0 spiro atoms. The van der Waals surface area contributed by atoms with Crippen molar-refractivity contribution in [1.29, 1.82) is 0 Å². The lowest BCUT2D eigenvalue weighted by atomic mass is 9.91. The topological polar surface area (TPSA) is 78.9 Å². The molecular formula is C30H31N3O2. The highest BCUT2D eigenvalue weighted by Crippen LogP contribution is 2.40. The third kappa shape index (κ3) is 5.75. The first-order valence-electron chi connectivity index (χ1n) is 12.5. The number of nitrogens with one attached hydrogen (secondary N) is 1. The summed E-state index contributed by atoms with van der Waals surface area (Å²) < 4.78 is 0. The zero-order valence-electron chi connectivity index (χ0n) is 19.8. The number of hydrogen-bond donors (Lipinski definition) is 2. The Morgan fingerprint density at radius 3 is 2.40 bits per heavy atom. The average molecular weight is 466 g/mol. The zero-order chi connectivity index (χ0) is 24.0. The Balaban J connectivity index is 1.11. The van der Waals surface area contributed by atoms with Gasteiger partial charge >= 0.3 is 0 Å². The van der Waals surface area contributed by atoms with Crippen LogP contribution in [0.3, 0.4) is 0 Å². The first-order valence-corrected chi connectivity index (χ1v) is 12.5. The van der Waals surface area contributed by atoms with E-state index in [0.717, 1.165) is 48.2 Å². The minimum absolute atomic E-state index is 0.112. The summed E-state index contributed by atoms with van der Waals surface area (Å²) in [7, 11) is 0. The molecule has 5 rings (SSSR count). The summed E-state index contributed by atoms with van der Waals surface area (Å²) in [5, 5.41) is 18.0. The van der Waals surface area contributed by atoms with Gasteiger partial charge in [0.05, 0.1) is 6.10 Å². The number of aromatic nitrogens is 3. The molecule has 0 bridgehead atoms. The van der Waals surface area contributed by atoms with Crippen LogP contribution in [0, 0.1) is 11.8 Å². The number of rotatable bonds is 9. The lowest BCUT2D eigenvalue weighted by molar-refractivity contribution is 0.0982. The molecular weight excluding hydrogens is 434 g/mol. The Bertz CT molecular complexity index is 1240. The predicted molar refractivity (Wildman–Crippen MR) is 137 cm³/mol. The van der Waals surface area contributed by atoms with Crippen molar-refractivity contribution in [1.82, 2.24) is 15.2 Å². The summed E-state index contributed by atoms with van der Waals surface area (Å²) in [6, 6.07) is 27.8. The maximum Gasteiger partial charge on any atom is 0.181 e. The fourth-order valence-electron chi connectivity index (χ4n) is 5.17. The van der Waals surface area contributed by atoms with Gasteiger partial charge in [0.25, 0.3) is 0 Å². The molecule has 1 aliphatic rings. The molecule has 178 valence electrons. The van der Waals surface area contributed by atoms with Crippen molar-refractivity contribution < 1.29 is 9.90 Å². The van der Waals surface area contributed by atoms with E-state index < -0.39 is 0 Å². The highest BCUT2D eigenvalue weighted by Gasteiger charge is 2.30. The number of aryl methyl sites for hydroxylation is 1. The molecule has 1 aliphatic carbocycles. The summed E-state index contributed by atoms with van der Waals surface area (Å²) in [6.45, 7) is 0. The average Bonchev–Trinajstić information content (AvgIpc) is 3.58. The fraction of sp³-hybridized carbons (Fsp3) is 0.300. The predicted octanol–water partition coefficient (Wildman–Crippen LogP) is 5.98. The Kier molecular flexibility index (Phi) is 7.15. The summed E-state index contributed by atoms with van der Waals surface area (Å²) >= 11 is 0. The van der Waals surface area contributed by atoms with Crippen molar-refractivity contribution in [3.05, 3.63) is 107 Å². The van der Waals surface area contributed by atoms with Gasteiger partial charge in [-0.25, -0.2) is 4.98 Å². The van der Waals surface area contributed by atoms with E-state index in [1.807, 2.05) is 72.8 Å². The number of ketones is 1. The monoisotopic (exact) mass is 465 g/mol. The molecule has 3 atom stereocenters. The van der Waals surface area contributed by atoms with Crippen LogP contribution in [0.15, 0.2) is 84.9 Å². The molecule has 0 saturated heterocycles. The summed E-state index contributed by atoms with van der Waals surface area (Å²) in [4.78, 5) is 17.2. The van der Waals surface area contributed by atoms with Crippen molar-refractivity contribution in [2.45, 2.75) is 44.6 Å². The van der Waals surface area contributed by atoms with Crippen LogP contribution < -0.4 is 0 Å². The molecule has 1 saturated carbocycles. The summed E-state index contributed by atoms with van der Waals surface area (Å²) in [5.41, 5.74) is 3.96. The molecule has 5 nitrogen and oxygen atoms in total. The van der Waals surface area contributed by atoms with E-state index in [0.29, 0.717) is 30.5 Å². The van der Waals surface area contributed by atoms with E-state index >= 15 is 0 Å². The Morgan fingerprint density at radius 1 is 0.943 bits per heavy atom. The number of nitrogens with zero attached hydrogens (tertiary/aromatic N) is 2. The number of Topliss-reactive ketones (excluding diaryl/α,β-unsaturated/α-hetero) is 1. The van der Waals surface area contributed by atoms with Gasteiger partial charge in [0.1, 0.15) is 5.82 Å². The van der Waals surface area contributed by atoms with Gasteiger partial charge in [-0.1, -0.05) is 84.9 Å². The molecule has 4 aromatic rings. The molecule has 1 aromatic heterocycles. The third-order valence-corrected chi connectivity index (χ3v) is 7.12. The zero-order valence-corrected chi connectivity index (χ0v) is 19.8. The van der Waals surface area contributed by atoms with Crippen LogP contribution in [-0.4, -0.2) is 26.1 Å². The second-order valence-electron chi connectivity index (χ2n) is 9.59. The Hall–Kier alpha value is -3.57. The van der Waals surface area contributed by atoms with Gasteiger partial charge < -0.3 is 5.11 Å². The molecule has 1 fully saturated rings. The molecule has 0 amide bonds. The normalized spacial score (nSPS) is 18.4. The lowest BCUT2D eigenvalue weighted by Crippen LogP contribution is -2.10. The van der Waals surface area contributed by atoms with Gasteiger partial charge in [-0.3, -0.25) is 9.89 Å². The van der Waals surface area contributed by atoms with Gasteiger partial charge in [0, 0.05) is 24.0 Å². The number of aliphatic hydroxyl groups is 1. The highest BCUT2D eigenvalue weighted by atomic mass is 16.3. The molecule has 5 heteroatoms. The Morgan fingerprint density at radius 2 is 1.66 bits per heavy atom. The van der Waals surface area contributed by atoms with Crippen molar-refractivity contribution in [3.8, 4) is 11.4 Å². The van der Waals surface area contributed by atoms with Crippen LogP contribution in [-0.2, 0) is 12.8 Å². The molecule has 0 radical (unpaired) electrons. The first kappa shape index (κ1) is 23.2. The third-order valence-electron chi connectivity index (χ3n) is 7.12. The summed E-state index contributed by atoms with van der Waals surface area (Å²) in [6.07, 6.45) is 4.78. The smallest absolute Gasteiger partial charge is 0.181 e. The van der Waals surface area contributed by atoms with Gasteiger partial charge in [-0.05, 0) is 48.6 Å². The molecule has 1 heterocycles. The minimum Gasteiger partial charge on any atom is -0.388 e. The van der Waals surface area contributed by atoms with Crippen molar-refractivity contribution >= 4 is 5.78 Å². The highest BCUT2D eigenvalue weighted by molar-refractivity contribution is 5.96. The fourth-order valence-corrected chi connectivity index (χ4v) is 5.17. The number of carbonyl (C=O) groups excluding carboxylic acids is 1. The van der Waals surface area contributed by atoms with Gasteiger partial charge in [-0.15, -0.1) is 0 Å². The number of aromatic amines is 1. The van der Waals surface area contributed by atoms with E-state index in [4.69, 9.17) is 0 Å². The number of hydrogen-bond acceptors (Lipinski definition) is 4. The maximum absolute atomic E-state index is 12.7. The van der Waals surface area contributed by atoms with Gasteiger partial charge in [0.15, 0.2) is 11.6 Å². The number of aliphatic hydroxyl groups excluding tert-OH is 1. The van der Waals surface area contributed by atoms with Crippen LogP contribution in [0.5, 0.6) is 0 Å². The second kappa shape index (κ2) is 10.8. The van der Waals surface area contributed by atoms with E-state index in [1.54, 1.807) is 0 Å². The number of H-pyrrole nitrogens is 1. The van der Waals surface area contributed by atoms with E-state index in [2.05, 4.69) is 27.3 Å². The van der Waals surface area contributed by atoms with Crippen LogP contribution in [0.1, 0.15) is 59.1 Å². The lowest BCUT2D eigenvalue weighted by Gasteiger charge is -2.19. The van der Waals surface area contributed by atoms with Gasteiger partial charge in [-0.2, -0.15) is 5.10 Å². The molecule has 0 unspecified atom stereocenters. The van der Waals surface area contributed by atoms with Crippen molar-refractivity contribution in [2.75, 3.05) is 0 Å². The van der Waals surface area contributed by atoms with Crippen LogP contribution in [0.4, 0.5) is 0 Å². The molecule has 0 aliphatic heterocycles. The van der Waals surface area contributed by atoms with Crippen LogP contribution >= 0.6 is 0 Å². The number of carbonyl (C=O) groups is 1. The SMILES string of the molecule is O=C(CCc1nc(-c2ccccc2)n[nH]1)c1ccc(C[C@@H]2CC[C@H]([C@H](O)c3ccccc3)C2)cc1. The first-order chi connectivity index (χ1) is 17.2. The van der Waals surface area contributed by atoms with Crippen LogP contribution in [0.2, 0.25) is 0 Å². The van der Waals surface area contributed by atoms with Crippen molar-refractivity contribution in [2.24, 2.45) is 11.8 Å². The molecule has 35 heavy (non-hydrogen) atoms. The maximum atomic E-state index is 12.7. The standard InChI is InChI=1S/C30H31N3O2/c34-27(17-18-28-31-30(33-32-28)25-9-5-2-6-10-25)23-14-11-21(12-15-23)19-22-13-16-26(20-22)29(35)24-7-3-1-4-8-24/h1-12,14-15,22,26,29,35H,13,16-20H2,(H,31,32,33)/t22-,26-,29+/m0/s1. The molecule has 2 N–H and O–H groups in total. The largest absolute Gasteiger partial charge is 0.388 e. The molecule has 3 aromatic carbocycles.